The van der Waals surface area contributed by atoms with Crippen molar-refractivity contribution in [3.05, 3.63) is 69.5 Å². The number of likely N-dealkylation sites (tertiary alicyclic amines) is 1. The van der Waals surface area contributed by atoms with Gasteiger partial charge in [-0.05, 0) is 75.3 Å². The molecule has 0 bridgehead atoms. The van der Waals surface area contributed by atoms with Crippen LogP contribution in [0.3, 0.4) is 0 Å². The van der Waals surface area contributed by atoms with E-state index in [1.165, 1.54) is 0 Å². The number of aromatic nitrogens is 3. The first-order valence-corrected chi connectivity index (χ1v) is 12.9. The van der Waals surface area contributed by atoms with Gasteiger partial charge in [-0.1, -0.05) is 12.1 Å². The van der Waals surface area contributed by atoms with Crippen LogP contribution in [-0.2, 0) is 4.79 Å². The summed E-state index contributed by atoms with van der Waals surface area (Å²) in [6, 6.07) is 11.1. The number of halogens is 1. The molecule has 0 radical (unpaired) electrons. The van der Waals surface area contributed by atoms with Gasteiger partial charge in [0.05, 0.1) is 16.4 Å². The number of carbonyl (C=O) groups is 1. The molecule has 1 aromatic carbocycles. The quantitative estimate of drug-likeness (QED) is 0.326. The molecule has 9 heteroatoms. The van der Waals surface area contributed by atoms with E-state index < -0.39 is 0 Å². The molecule has 1 aliphatic rings. The zero-order chi connectivity index (χ0) is 23.5. The van der Waals surface area contributed by atoms with Crippen molar-refractivity contribution in [2.24, 2.45) is 5.92 Å². The third-order valence-corrected chi connectivity index (χ3v) is 7.33. The van der Waals surface area contributed by atoms with E-state index in [-0.39, 0.29) is 11.7 Å². The van der Waals surface area contributed by atoms with E-state index >= 15 is 0 Å². The van der Waals surface area contributed by atoms with Gasteiger partial charge < -0.3 is 15.3 Å². The first-order chi connectivity index (χ1) is 16.6. The number of anilines is 1. The number of phenolic OH excluding ortho intramolecular Hbond substituents is 1. The van der Waals surface area contributed by atoms with Crippen LogP contribution in [0, 0.1) is 5.92 Å². The second-order valence-electron chi connectivity index (χ2n) is 8.31. The van der Waals surface area contributed by atoms with Crippen molar-refractivity contribution < 1.29 is 9.90 Å². The number of piperidine rings is 1. The molecule has 0 aliphatic carbocycles. The van der Waals surface area contributed by atoms with E-state index in [0.29, 0.717) is 22.8 Å². The minimum Gasteiger partial charge on any atom is -0.507 e. The lowest BCUT2D eigenvalue weighted by molar-refractivity contribution is -0.127. The average molecular weight is 538 g/mol. The van der Waals surface area contributed by atoms with Crippen LogP contribution in [0.2, 0.25) is 0 Å². The van der Waals surface area contributed by atoms with Gasteiger partial charge in [-0.15, -0.1) is 0 Å². The van der Waals surface area contributed by atoms with Gasteiger partial charge in [-0.3, -0.25) is 4.79 Å². The topological polar surface area (TPSA) is 82.8 Å². The van der Waals surface area contributed by atoms with Crippen LogP contribution in [0.25, 0.3) is 23.0 Å². The Labute approximate surface area is 209 Å². The molecule has 1 fully saturated rings. The van der Waals surface area contributed by atoms with Crippen LogP contribution in [0.5, 0.6) is 5.75 Å². The monoisotopic (exact) mass is 537 g/mol. The highest BCUT2D eigenvalue weighted by atomic mass is 79.9. The standard InChI is InChI=1S/C25H24BrN5O2S/c26-20-15-28-31-23(13-21(29-25(20)31)19-3-1-2-4-22(19)32)27-14-17-7-10-30(11-8-17)24(33)6-5-18-9-12-34-16-18/h1-6,9,12-13,15-17,27,32H,7-8,10-11,14H2/b6-5+. The molecule has 0 atom stereocenters. The first kappa shape index (κ1) is 22.6. The van der Waals surface area contributed by atoms with Crippen molar-refractivity contribution in [3.63, 3.8) is 0 Å². The van der Waals surface area contributed by atoms with Crippen molar-refractivity contribution in [1.82, 2.24) is 19.5 Å². The Morgan fingerprint density at radius 2 is 2.09 bits per heavy atom. The lowest BCUT2D eigenvalue weighted by Gasteiger charge is -2.31. The van der Waals surface area contributed by atoms with E-state index in [9.17, 15) is 9.90 Å². The molecular formula is C25H24BrN5O2S. The van der Waals surface area contributed by atoms with Crippen molar-refractivity contribution in [3.8, 4) is 17.0 Å². The molecule has 4 aromatic rings. The van der Waals surface area contributed by atoms with E-state index in [2.05, 4.69) is 26.3 Å². The predicted molar refractivity (Wildman–Crippen MR) is 139 cm³/mol. The lowest BCUT2D eigenvalue weighted by Crippen LogP contribution is -2.39. The molecular weight excluding hydrogens is 514 g/mol. The highest BCUT2D eigenvalue weighted by Gasteiger charge is 2.22. The zero-order valence-corrected chi connectivity index (χ0v) is 20.8. The number of aromatic hydroxyl groups is 1. The molecule has 0 unspecified atom stereocenters. The van der Waals surface area contributed by atoms with Gasteiger partial charge in [-0.25, -0.2) is 4.98 Å². The van der Waals surface area contributed by atoms with E-state index in [4.69, 9.17) is 4.98 Å². The first-order valence-electron chi connectivity index (χ1n) is 11.1. The van der Waals surface area contributed by atoms with Gasteiger partial charge in [0.25, 0.3) is 0 Å². The van der Waals surface area contributed by atoms with Crippen molar-refractivity contribution in [2.45, 2.75) is 12.8 Å². The summed E-state index contributed by atoms with van der Waals surface area (Å²) < 4.78 is 2.55. The molecule has 5 rings (SSSR count). The minimum atomic E-state index is 0.0714. The fourth-order valence-electron chi connectivity index (χ4n) is 4.14. The summed E-state index contributed by atoms with van der Waals surface area (Å²) >= 11 is 5.15. The van der Waals surface area contributed by atoms with E-state index in [1.54, 1.807) is 40.3 Å². The van der Waals surface area contributed by atoms with E-state index in [0.717, 1.165) is 48.3 Å². The maximum atomic E-state index is 12.5. The van der Waals surface area contributed by atoms with Crippen molar-refractivity contribution in [1.29, 1.82) is 0 Å². The summed E-state index contributed by atoms with van der Waals surface area (Å²) in [6.45, 7) is 2.27. The fraction of sp³-hybridized carbons (Fsp3) is 0.240. The molecule has 1 saturated heterocycles. The number of amides is 1. The number of thiophene rings is 1. The van der Waals surface area contributed by atoms with E-state index in [1.807, 2.05) is 46.0 Å². The molecule has 34 heavy (non-hydrogen) atoms. The molecule has 7 nitrogen and oxygen atoms in total. The van der Waals surface area contributed by atoms with Gasteiger partial charge in [0, 0.05) is 37.3 Å². The Morgan fingerprint density at radius 1 is 1.26 bits per heavy atom. The van der Waals surface area contributed by atoms with Crippen LogP contribution in [0.4, 0.5) is 5.82 Å². The second-order valence-corrected chi connectivity index (χ2v) is 9.95. The molecule has 3 aromatic heterocycles. The van der Waals surface area contributed by atoms with Crippen LogP contribution in [0.1, 0.15) is 18.4 Å². The number of hydrogen-bond acceptors (Lipinski definition) is 6. The normalized spacial score (nSPS) is 14.8. The molecule has 0 spiro atoms. The average Bonchev–Trinajstić information content (AvgIpc) is 3.52. The smallest absolute Gasteiger partial charge is 0.246 e. The van der Waals surface area contributed by atoms with Gasteiger partial charge in [0.1, 0.15) is 11.6 Å². The zero-order valence-electron chi connectivity index (χ0n) is 18.4. The Balaban J connectivity index is 1.25. The summed E-state index contributed by atoms with van der Waals surface area (Å²) in [5.41, 5.74) is 3.09. The van der Waals surface area contributed by atoms with Crippen LogP contribution in [0.15, 0.2) is 63.9 Å². The Kier molecular flexibility index (Phi) is 6.64. The highest BCUT2D eigenvalue weighted by Crippen LogP contribution is 2.31. The van der Waals surface area contributed by atoms with Crippen LogP contribution in [-0.4, -0.2) is 50.1 Å². The third kappa shape index (κ3) is 4.85. The number of para-hydroxylation sites is 1. The summed E-state index contributed by atoms with van der Waals surface area (Å²) in [7, 11) is 0. The predicted octanol–water partition coefficient (Wildman–Crippen LogP) is 5.29. The van der Waals surface area contributed by atoms with Crippen molar-refractivity contribution >= 4 is 50.7 Å². The lowest BCUT2D eigenvalue weighted by atomic mass is 9.96. The molecule has 2 N–H and O–H groups in total. The van der Waals surface area contributed by atoms with Crippen LogP contribution >= 0.6 is 27.3 Å². The number of nitrogens with zero attached hydrogens (tertiary/aromatic N) is 4. The number of phenols is 1. The second kappa shape index (κ2) is 9.99. The maximum Gasteiger partial charge on any atom is 0.246 e. The highest BCUT2D eigenvalue weighted by molar-refractivity contribution is 9.10. The number of nitrogens with one attached hydrogen (secondary N) is 1. The van der Waals surface area contributed by atoms with Gasteiger partial charge in [0.15, 0.2) is 5.65 Å². The molecule has 1 aliphatic heterocycles. The number of rotatable bonds is 6. The van der Waals surface area contributed by atoms with Crippen molar-refractivity contribution in [2.75, 3.05) is 25.0 Å². The number of fused-ring (bicyclic) bond motifs is 1. The van der Waals surface area contributed by atoms with Gasteiger partial charge in [0.2, 0.25) is 5.91 Å². The summed E-state index contributed by atoms with van der Waals surface area (Å²) in [6.07, 6.45) is 7.15. The molecule has 0 saturated carbocycles. The largest absolute Gasteiger partial charge is 0.507 e. The Hall–Kier alpha value is -3.17. The number of benzene rings is 1. The minimum absolute atomic E-state index is 0.0714. The van der Waals surface area contributed by atoms with Crippen LogP contribution < -0.4 is 5.32 Å². The number of hydrogen-bond donors (Lipinski definition) is 2. The third-order valence-electron chi connectivity index (χ3n) is 6.07. The van der Waals surface area contributed by atoms with Gasteiger partial charge >= 0.3 is 0 Å². The van der Waals surface area contributed by atoms with Gasteiger partial charge in [-0.2, -0.15) is 21.0 Å². The summed E-state index contributed by atoms with van der Waals surface area (Å²) in [5, 5.41) is 22.3. The SMILES string of the molecule is O=C(/C=C/c1ccsc1)N1CCC(CNc2cc(-c3ccccc3O)nc3c(Br)cnn23)CC1. The maximum absolute atomic E-state index is 12.5. The summed E-state index contributed by atoms with van der Waals surface area (Å²) in [4.78, 5) is 19.1. The fourth-order valence-corrected chi connectivity index (χ4v) is 5.12. The molecule has 1 amide bonds. The number of carbonyl (C=O) groups excluding carboxylic acids is 1. The molecule has 4 heterocycles. The Morgan fingerprint density at radius 3 is 2.85 bits per heavy atom. The molecule has 174 valence electrons. The summed E-state index contributed by atoms with van der Waals surface area (Å²) in [5.74, 6) is 1.51. The Bertz CT molecular complexity index is 1330.